The molecule has 0 spiro atoms. The second-order valence-corrected chi connectivity index (χ2v) is 7.59. The highest BCUT2D eigenvalue weighted by atomic mass is 32.2. The zero-order valence-electron chi connectivity index (χ0n) is 12.0. The second kappa shape index (κ2) is 6.97. The molecule has 0 aliphatic carbocycles. The average Bonchev–Trinajstić information content (AvgIpc) is 2.98. The average molecular weight is 326 g/mol. The largest absolute Gasteiger partial charge is 0.354 e. The molecule has 0 amide bonds. The molecule has 1 N–H and O–H groups in total. The SMILES string of the molecule is CCCNc1ncc(S(=O)(=O)N(C)Cc2cccs2)cn1. The number of nitrogens with one attached hydrogen (secondary N) is 1. The maximum absolute atomic E-state index is 12.4. The minimum absolute atomic E-state index is 0.101. The van der Waals surface area contributed by atoms with Gasteiger partial charge in [0.2, 0.25) is 16.0 Å². The van der Waals surface area contributed by atoms with Crippen LogP contribution < -0.4 is 5.32 Å². The van der Waals surface area contributed by atoms with Crippen molar-refractivity contribution in [3.05, 3.63) is 34.8 Å². The summed E-state index contributed by atoms with van der Waals surface area (Å²) in [6.07, 6.45) is 3.63. The molecule has 0 aliphatic heterocycles. The first-order valence-corrected chi connectivity index (χ1v) is 8.90. The fourth-order valence-corrected chi connectivity index (χ4v) is 3.54. The van der Waals surface area contributed by atoms with E-state index in [0.29, 0.717) is 12.5 Å². The molecular formula is C13H18N4O2S2. The van der Waals surface area contributed by atoms with Gasteiger partial charge in [0.05, 0.1) is 12.4 Å². The number of hydrogen-bond acceptors (Lipinski definition) is 6. The molecule has 8 heteroatoms. The van der Waals surface area contributed by atoms with Crippen LogP contribution in [0.4, 0.5) is 5.95 Å². The number of anilines is 1. The lowest BCUT2D eigenvalue weighted by molar-refractivity contribution is 0.469. The third-order valence-corrected chi connectivity index (χ3v) is 5.45. The maximum atomic E-state index is 12.4. The van der Waals surface area contributed by atoms with Gasteiger partial charge in [-0.15, -0.1) is 11.3 Å². The first kappa shape index (κ1) is 15.9. The highest BCUT2D eigenvalue weighted by Gasteiger charge is 2.22. The minimum atomic E-state index is -3.57. The summed E-state index contributed by atoms with van der Waals surface area (Å²) in [6.45, 7) is 3.13. The Morgan fingerprint density at radius 2 is 2.05 bits per heavy atom. The van der Waals surface area contributed by atoms with E-state index in [2.05, 4.69) is 15.3 Å². The van der Waals surface area contributed by atoms with Crippen LogP contribution in [0.5, 0.6) is 0 Å². The molecule has 2 rings (SSSR count). The van der Waals surface area contributed by atoms with Gasteiger partial charge in [0.1, 0.15) is 4.90 Å². The van der Waals surface area contributed by atoms with Crippen LogP contribution in [0.1, 0.15) is 18.2 Å². The zero-order valence-corrected chi connectivity index (χ0v) is 13.6. The van der Waals surface area contributed by atoms with Crippen molar-refractivity contribution in [1.29, 1.82) is 0 Å². The smallest absolute Gasteiger partial charge is 0.246 e. The Morgan fingerprint density at radius 1 is 1.33 bits per heavy atom. The highest BCUT2D eigenvalue weighted by molar-refractivity contribution is 7.89. The van der Waals surface area contributed by atoms with E-state index < -0.39 is 10.0 Å². The lowest BCUT2D eigenvalue weighted by atomic mass is 10.5. The molecule has 0 aromatic carbocycles. The number of sulfonamides is 1. The van der Waals surface area contributed by atoms with Gasteiger partial charge in [0, 0.05) is 25.0 Å². The highest BCUT2D eigenvalue weighted by Crippen LogP contribution is 2.18. The normalized spacial score (nSPS) is 11.8. The molecular weight excluding hydrogens is 308 g/mol. The van der Waals surface area contributed by atoms with Crippen molar-refractivity contribution in [2.24, 2.45) is 0 Å². The van der Waals surface area contributed by atoms with Gasteiger partial charge in [-0.1, -0.05) is 13.0 Å². The number of thiophene rings is 1. The number of aromatic nitrogens is 2. The quantitative estimate of drug-likeness (QED) is 0.844. The van der Waals surface area contributed by atoms with Crippen LogP contribution in [0.2, 0.25) is 0 Å². The Hall–Kier alpha value is -1.51. The molecule has 6 nitrogen and oxygen atoms in total. The Labute approximate surface area is 128 Å². The number of rotatable bonds is 7. The van der Waals surface area contributed by atoms with E-state index in [1.807, 2.05) is 24.4 Å². The Bertz CT molecular complexity index is 654. The van der Waals surface area contributed by atoms with Crippen LogP contribution in [0.25, 0.3) is 0 Å². The standard InChI is InChI=1S/C13H18N4O2S2/c1-3-6-14-13-15-8-12(9-16-13)21(18,19)17(2)10-11-5-4-7-20-11/h4-5,7-9H,3,6,10H2,1-2H3,(H,14,15,16). The lowest BCUT2D eigenvalue weighted by Gasteiger charge is -2.16. The molecule has 2 aromatic rings. The molecule has 114 valence electrons. The predicted octanol–water partition coefficient (Wildman–Crippen LogP) is 2.18. The van der Waals surface area contributed by atoms with Gasteiger partial charge in [-0.3, -0.25) is 0 Å². The summed E-state index contributed by atoms with van der Waals surface area (Å²) in [6, 6.07) is 3.81. The van der Waals surface area contributed by atoms with Gasteiger partial charge >= 0.3 is 0 Å². The van der Waals surface area contributed by atoms with Crippen LogP contribution in [0, 0.1) is 0 Å². The third kappa shape index (κ3) is 3.99. The molecule has 21 heavy (non-hydrogen) atoms. The fourth-order valence-electron chi connectivity index (χ4n) is 1.66. The van der Waals surface area contributed by atoms with Crippen molar-refractivity contribution in [2.45, 2.75) is 24.8 Å². The van der Waals surface area contributed by atoms with E-state index in [1.54, 1.807) is 7.05 Å². The summed E-state index contributed by atoms with van der Waals surface area (Å²) < 4.78 is 26.1. The Morgan fingerprint density at radius 3 is 2.62 bits per heavy atom. The van der Waals surface area contributed by atoms with Gasteiger partial charge in [-0.2, -0.15) is 4.31 Å². The molecule has 0 aliphatic rings. The van der Waals surface area contributed by atoms with E-state index >= 15 is 0 Å². The maximum Gasteiger partial charge on any atom is 0.246 e. The van der Waals surface area contributed by atoms with Crippen molar-refractivity contribution in [2.75, 3.05) is 18.9 Å². The van der Waals surface area contributed by atoms with Crippen molar-refractivity contribution in [3.63, 3.8) is 0 Å². The van der Waals surface area contributed by atoms with Gasteiger partial charge in [-0.05, 0) is 17.9 Å². The zero-order chi connectivity index (χ0) is 15.3. The van der Waals surface area contributed by atoms with E-state index in [-0.39, 0.29) is 4.90 Å². The monoisotopic (exact) mass is 326 g/mol. The fraction of sp³-hybridized carbons (Fsp3) is 0.385. The summed E-state index contributed by atoms with van der Waals surface area (Å²) in [7, 11) is -2.01. The molecule has 0 bridgehead atoms. The van der Waals surface area contributed by atoms with Crippen LogP contribution >= 0.6 is 11.3 Å². The van der Waals surface area contributed by atoms with Crippen molar-refractivity contribution >= 4 is 27.3 Å². The first-order chi connectivity index (χ1) is 10.0. The molecule has 0 saturated carbocycles. The Balaban J connectivity index is 2.11. The van der Waals surface area contributed by atoms with Gasteiger partial charge in [0.15, 0.2) is 0 Å². The number of hydrogen-bond donors (Lipinski definition) is 1. The van der Waals surface area contributed by atoms with E-state index in [0.717, 1.165) is 17.8 Å². The molecule has 0 fully saturated rings. The summed E-state index contributed by atoms with van der Waals surface area (Å²) in [4.78, 5) is 9.16. The third-order valence-electron chi connectivity index (χ3n) is 2.83. The van der Waals surface area contributed by atoms with E-state index in [4.69, 9.17) is 0 Å². The topological polar surface area (TPSA) is 75.2 Å². The first-order valence-electron chi connectivity index (χ1n) is 6.58. The summed E-state index contributed by atoms with van der Waals surface area (Å²) in [5.41, 5.74) is 0. The van der Waals surface area contributed by atoms with Gasteiger partial charge in [0.25, 0.3) is 0 Å². The molecule has 2 heterocycles. The van der Waals surface area contributed by atoms with Crippen molar-refractivity contribution in [1.82, 2.24) is 14.3 Å². The van der Waals surface area contributed by atoms with Crippen LogP contribution in [-0.4, -0.2) is 36.3 Å². The number of nitrogens with zero attached hydrogens (tertiary/aromatic N) is 3. The van der Waals surface area contributed by atoms with Gasteiger partial charge < -0.3 is 5.32 Å². The molecule has 0 radical (unpaired) electrons. The molecule has 0 unspecified atom stereocenters. The van der Waals surface area contributed by atoms with Crippen LogP contribution in [0.3, 0.4) is 0 Å². The summed E-state index contributed by atoms with van der Waals surface area (Å²) >= 11 is 1.53. The Kier molecular flexibility index (Phi) is 5.27. The van der Waals surface area contributed by atoms with E-state index in [9.17, 15) is 8.42 Å². The van der Waals surface area contributed by atoms with Crippen LogP contribution in [-0.2, 0) is 16.6 Å². The molecule has 0 atom stereocenters. The summed E-state index contributed by atoms with van der Waals surface area (Å²) in [5.74, 6) is 0.441. The lowest BCUT2D eigenvalue weighted by Crippen LogP contribution is -2.26. The van der Waals surface area contributed by atoms with Crippen molar-refractivity contribution < 1.29 is 8.42 Å². The van der Waals surface area contributed by atoms with E-state index in [1.165, 1.54) is 28.0 Å². The molecule has 2 aromatic heterocycles. The van der Waals surface area contributed by atoms with Gasteiger partial charge in [-0.25, -0.2) is 18.4 Å². The minimum Gasteiger partial charge on any atom is -0.354 e. The second-order valence-electron chi connectivity index (χ2n) is 4.51. The molecule has 0 saturated heterocycles. The summed E-state index contributed by atoms with van der Waals surface area (Å²) in [5, 5.41) is 4.93. The van der Waals surface area contributed by atoms with Crippen molar-refractivity contribution in [3.8, 4) is 0 Å². The van der Waals surface area contributed by atoms with Crippen LogP contribution in [0.15, 0.2) is 34.8 Å². The predicted molar refractivity (Wildman–Crippen MR) is 83.8 cm³/mol.